The number of thiazole rings is 1. The second-order valence-electron chi connectivity index (χ2n) is 8.34. The fourth-order valence-corrected chi connectivity index (χ4v) is 5.10. The third kappa shape index (κ3) is 5.40. The molecular weight excluding hydrogens is 492 g/mol. The van der Waals surface area contributed by atoms with Crippen LogP contribution >= 0.6 is 11.3 Å². The maximum Gasteiger partial charge on any atom is 0.255 e. The predicted octanol–water partition coefficient (Wildman–Crippen LogP) is 5.15. The van der Waals surface area contributed by atoms with E-state index < -0.39 is 0 Å². The van der Waals surface area contributed by atoms with Crippen molar-refractivity contribution in [1.82, 2.24) is 4.98 Å². The van der Waals surface area contributed by atoms with Crippen molar-refractivity contribution in [2.24, 2.45) is 0 Å². The Labute approximate surface area is 218 Å². The van der Waals surface area contributed by atoms with E-state index in [0.29, 0.717) is 28.5 Å². The molecule has 0 saturated carbocycles. The molecular formula is C27H28N4O5S. The highest BCUT2D eigenvalue weighted by Gasteiger charge is 2.16. The molecule has 1 saturated heterocycles. The zero-order chi connectivity index (χ0) is 25.8. The highest BCUT2D eigenvalue weighted by atomic mass is 32.1. The summed E-state index contributed by atoms with van der Waals surface area (Å²) in [5.74, 6) is 1.13. The quantitative estimate of drug-likeness (QED) is 0.329. The fourth-order valence-electron chi connectivity index (χ4n) is 4.18. The monoisotopic (exact) mass is 520 g/mol. The normalized spacial score (nSPS) is 13.3. The van der Waals surface area contributed by atoms with Crippen LogP contribution in [0.15, 0.2) is 54.6 Å². The van der Waals surface area contributed by atoms with Crippen molar-refractivity contribution >= 4 is 49.7 Å². The summed E-state index contributed by atoms with van der Waals surface area (Å²) >= 11 is 1.49. The molecule has 192 valence electrons. The molecule has 3 aromatic carbocycles. The number of hydrogen-bond acceptors (Lipinski definition) is 9. The van der Waals surface area contributed by atoms with Gasteiger partial charge in [0.2, 0.25) is 5.75 Å². The number of methoxy groups -OCH3 is 3. The molecule has 9 nitrogen and oxygen atoms in total. The van der Waals surface area contributed by atoms with Crippen LogP contribution in [-0.4, -0.2) is 58.5 Å². The minimum Gasteiger partial charge on any atom is -0.493 e. The zero-order valence-electron chi connectivity index (χ0n) is 20.9. The average Bonchev–Trinajstić information content (AvgIpc) is 3.34. The first-order valence-electron chi connectivity index (χ1n) is 11.8. The molecule has 0 radical (unpaired) electrons. The average molecular weight is 521 g/mol. The van der Waals surface area contributed by atoms with Crippen molar-refractivity contribution < 1.29 is 23.7 Å². The molecule has 0 unspecified atom stereocenters. The molecule has 2 heterocycles. The largest absolute Gasteiger partial charge is 0.493 e. The number of anilines is 4. The summed E-state index contributed by atoms with van der Waals surface area (Å²) < 4.78 is 22.4. The molecule has 1 aliphatic rings. The van der Waals surface area contributed by atoms with E-state index in [2.05, 4.69) is 32.7 Å². The van der Waals surface area contributed by atoms with Crippen molar-refractivity contribution in [1.29, 1.82) is 0 Å². The number of benzene rings is 3. The molecule has 1 fully saturated rings. The van der Waals surface area contributed by atoms with Gasteiger partial charge in [-0.15, -0.1) is 0 Å². The third-order valence-corrected chi connectivity index (χ3v) is 7.00. The van der Waals surface area contributed by atoms with Crippen LogP contribution in [0.4, 0.5) is 22.2 Å². The Morgan fingerprint density at radius 3 is 2.27 bits per heavy atom. The highest BCUT2D eigenvalue weighted by Crippen LogP contribution is 2.40. The molecule has 0 aliphatic carbocycles. The van der Waals surface area contributed by atoms with Gasteiger partial charge in [-0.3, -0.25) is 4.79 Å². The number of ether oxygens (including phenoxy) is 4. The fraction of sp³-hybridized carbons (Fsp3) is 0.259. The summed E-state index contributed by atoms with van der Waals surface area (Å²) in [5, 5.41) is 7.04. The molecule has 0 bridgehead atoms. The molecule has 0 atom stereocenters. The van der Waals surface area contributed by atoms with Crippen molar-refractivity contribution in [3.05, 3.63) is 60.2 Å². The number of nitrogens with zero attached hydrogens (tertiary/aromatic N) is 2. The van der Waals surface area contributed by atoms with Gasteiger partial charge < -0.3 is 34.5 Å². The van der Waals surface area contributed by atoms with Gasteiger partial charge in [-0.1, -0.05) is 11.3 Å². The van der Waals surface area contributed by atoms with Gasteiger partial charge >= 0.3 is 0 Å². The standard InChI is InChI=1S/C27H28N4O5S/c1-33-22-15-19(16-23(34-2)25(22)35-3)28-26(32)17-4-9-21-24(14-17)37-27(30-21)29-18-5-7-20(8-6-18)31-10-12-36-13-11-31/h4-9,14-16H,10-13H2,1-3H3,(H,28,32)(H,29,30). The van der Waals surface area contributed by atoms with Gasteiger partial charge in [-0.05, 0) is 42.5 Å². The van der Waals surface area contributed by atoms with Gasteiger partial charge in [0, 0.05) is 47.8 Å². The number of rotatable bonds is 8. The molecule has 0 spiro atoms. The zero-order valence-corrected chi connectivity index (χ0v) is 21.7. The maximum absolute atomic E-state index is 13.0. The molecule has 10 heteroatoms. The van der Waals surface area contributed by atoms with Crippen LogP contribution in [0.5, 0.6) is 17.2 Å². The molecule has 5 rings (SSSR count). The lowest BCUT2D eigenvalue weighted by atomic mass is 10.2. The molecule has 1 amide bonds. The van der Waals surface area contributed by atoms with Gasteiger partial charge in [0.15, 0.2) is 16.6 Å². The third-order valence-electron chi connectivity index (χ3n) is 6.07. The first-order chi connectivity index (χ1) is 18.1. The molecule has 37 heavy (non-hydrogen) atoms. The van der Waals surface area contributed by atoms with E-state index in [1.807, 2.05) is 24.3 Å². The minimum absolute atomic E-state index is 0.252. The highest BCUT2D eigenvalue weighted by molar-refractivity contribution is 7.22. The lowest BCUT2D eigenvalue weighted by molar-refractivity contribution is 0.102. The number of hydrogen-bond donors (Lipinski definition) is 2. The lowest BCUT2D eigenvalue weighted by Gasteiger charge is -2.28. The van der Waals surface area contributed by atoms with E-state index in [9.17, 15) is 4.79 Å². The van der Waals surface area contributed by atoms with E-state index in [0.717, 1.165) is 47.3 Å². The topological polar surface area (TPSA) is 94.2 Å². The van der Waals surface area contributed by atoms with Crippen molar-refractivity contribution in [2.75, 3.05) is 63.2 Å². The Bertz CT molecular complexity index is 1370. The summed E-state index contributed by atoms with van der Waals surface area (Å²) in [7, 11) is 4.60. The summed E-state index contributed by atoms with van der Waals surface area (Å²) in [6, 6.07) is 17.1. The van der Waals surface area contributed by atoms with Crippen molar-refractivity contribution in [3.63, 3.8) is 0 Å². The summed E-state index contributed by atoms with van der Waals surface area (Å²) in [4.78, 5) is 20.0. The second kappa shape index (κ2) is 10.9. The number of aromatic nitrogens is 1. The van der Waals surface area contributed by atoms with E-state index in [-0.39, 0.29) is 5.91 Å². The molecule has 1 aliphatic heterocycles. The summed E-state index contributed by atoms with van der Waals surface area (Å²) in [6.45, 7) is 3.32. The van der Waals surface area contributed by atoms with Crippen LogP contribution in [0.25, 0.3) is 10.2 Å². The van der Waals surface area contributed by atoms with Crippen LogP contribution in [0.1, 0.15) is 10.4 Å². The molecule has 4 aromatic rings. The van der Waals surface area contributed by atoms with Crippen LogP contribution in [-0.2, 0) is 4.74 Å². The van der Waals surface area contributed by atoms with Gasteiger partial charge in [0.25, 0.3) is 5.91 Å². The van der Waals surface area contributed by atoms with Gasteiger partial charge in [-0.2, -0.15) is 0 Å². The van der Waals surface area contributed by atoms with Crippen LogP contribution in [0, 0.1) is 0 Å². The minimum atomic E-state index is -0.252. The Hall–Kier alpha value is -4.02. The van der Waals surface area contributed by atoms with E-state index in [1.165, 1.54) is 38.4 Å². The number of fused-ring (bicyclic) bond motifs is 1. The number of nitrogens with one attached hydrogen (secondary N) is 2. The van der Waals surface area contributed by atoms with E-state index in [1.54, 1.807) is 18.2 Å². The van der Waals surface area contributed by atoms with Gasteiger partial charge in [0.05, 0.1) is 44.8 Å². The lowest BCUT2D eigenvalue weighted by Crippen LogP contribution is -2.36. The number of amides is 1. The summed E-state index contributed by atoms with van der Waals surface area (Å²) in [6.07, 6.45) is 0. The van der Waals surface area contributed by atoms with Gasteiger partial charge in [0.1, 0.15) is 0 Å². The first-order valence-corrected chi connectivity index (χ1v) is 12.6. The Balaban J connectivity index is 1.30. The molecule has 1 aromatic heterocycles. The number of carbonyl (C=O) groups excluding carboxylic acids is 1. The smallest absolute Gasteiger partial charge is 0.255 e. The van der Waals surface area contributed by atoms with Crippen LogP contribution in [0.2, 0.25) is 0 Å². The predicted molar refractivity (Wildman–Crippen MR) is 146 cm³/mol. The number of carbonyl (C=O) groups is 1. The summed E-state index contributed by atoms with van der Waals surface area (Å²) in [5.41, 5.74) is 4.01. The van der Waals surface area contributed by atoms with Crippen LogP contribution in [0.3, 0.4) is 0 Å². The van der Waals surface area contributed by atoms with Crippen LogP contribution < -0.4 is 29.7 Å². The Morgan fingerprint density at radius 1 is 0.919 bits per heavy atom. The first kappa shape index (κ1) is 24.7. The Kier molecular flexibility index (Phi) is 7.29. The SMILES string of the molecule is COc1cc(NC(=O)c2ccc3nc(Nc4ccc(N5CCOCC5)cc4)sc3c2)cc(OC)c1OC. The number of morpholine rings is 1. The van der Waals surface area contributed by atoms with Crippen molar-refractivity contribution in [3.8, 4) is 17.2 Å². The van der Waals surface area contributed by atoms with Gasteiger partial charge in [-0.25, -0.2) is 4.98 Å². The van der Waals surface area contributed by atoms with E-state index in [4.69, 9.17) is 18.9 Å². The van der Waals surface area contributed by atoms with Crippen molar-refractivity contribution in [2.45, 2.75) is 0 Å². The Morgan fingerprint density at radius 2 is 1.62 bits per heavy atom. The molecule has 2 N–H and O–H groups in total. The van der Waals surface area contributed by atoms with E-state index >= 15 is 0 Å². The maximum atomic E-state index is 13.0. The second-order valence-corrected chi connectivity index (χ2v) is 9.37.